The topological polar surface area (TPSA) is 29.1 Å². The zero-order chi connectivity index (χ0) is 15.7. The first-order chi connectivity index (χ1) is 8.93. The minimum Gasteiger partial charge on any atom is -0.242 e. The van der Waals surface area contributed by atoms with Gasteiger partial charge in [-0.3, -0.25) is 0 Å². The summed E-state index contributed by atoms with van der Waals surface area (Å²) in [4.78, 5) is 0. The predicted molar refractivity (Wildman–Crippen MR) is 71.2 cm³/mol. The van der Waals surface area contributed by atoms with Crippen LogP contribution in [0.4, 0.5) is 17.6 Å². The molecular formula is C12H14ClF4NOS. The number of hydrogen-bond donors (Lipinski definition) is 1. The van der Waals surface area contributed by atoms with E-state index in [0.29, 0.717) is 0 Å². The summed E-state index contributed by atoms with van der Waals surface area (Å²) in [5.74, 6) is -0.812. The number of alkyl halides is 3. The summed E-state index contributed by atoms with van der Waals surface area (Å²) in [6, 6.07) is 0.507. The first kappa shape index (κ1) is 17.4. The van der Waals surface area contributed by atoms with Crippen molar-refractivity contribution in [2.24, 2.45) is 0 Å². The summed E-state index contributed by atoms with van der Waals surface area (Å²) in [5, 5.41) is -0.417. The molecule has 114 valence electrons. The molecule has 0 fully saturated rings. The molecule has 1 rings (SSSR count). The molecule has 0 unspecified atom stereocenters. The Morgan fingerprint density at radius 1 is 1.25 bits per heavy atom. The Bertz CT molecular complexity index is 513. The summed E-state index contributed by atoms with van der Waals surface area (Å²) in [6.45, 7) is 4.63. The maximum Gasteiger partial charge on any atom is 0.408 e. The molecule has 8 heteroatoms. The van der Waals surface area contributed by atoms with Crippen molar-refractivity contribution in [2.75, 3.05) is 0 Å². The average Bonchev–Trinajstić information content (AvgIpc) is 2.26. The van der Waals surface area contributed by atoms with Crippen LogP contribution in [0.3, 0.4) is 0 Å². The highest BCUT2D eigenvalue weighted by atomic mass is 35.5. The average molecular weight is 332 g/mol. The lowest BCUT2D eigenvalue weighted by atomic mass is 10.1. The highest BCUT2D eigenvalue weighted by Gasteiger charge is 2.43. The van der Waals surface area contributed by atoms with Gasteiger partial charge in [0.25, 0.3) is 0 Å². The number of nitrogens with one attached hydrogen (secondary N) is 1. The molecule has 0 spiro atoms. The van der Waals surface area contributed by atoms with E-state index in [9.17, 15) is 21.8 Å². The van der Waals surface area contributed by atoms with Gasteiger partial charge >= 0.3 is 6.18 Å². The van der Waals surface area contributed by atoms with Crippen LogP contribution in [-0.4, -0.2) is 15.1 Å². The first-order valence-electron chi connectivity index (χ1n) is 5.62. The maximum atomic E-state index is 13.1. The van der Waals surface area contributed by atoms with Gasteiger partial charge in [-0.05, 0) is 38.5 Å². The Hall–Kier alpha value is -0.660. The van der Waals surface area contributed by atoms with Crippen LogP contribution in [0.5, 0.6) is 0 Å². The maximum absolute atomic E-state index is 13.1. The highest BCUT2D eigenvalue weighted by molar-refractivity contribution is 7.84. The third-order valence-corrected chi connectivity index (χ3v) is 4.24. The fourth-order valence-electron chi connectivity index (χ4n) is 1.30. The van der Waals surface area contributed by atoms with E-state index in [1.165, 1.54) is 0 Å². The Morgan fingerprint density at radius 2 is 1.80 bits per heavy atom. The molecule has 0 radical (unpaired) electrons. The zero-order valence-electron chi connectivity index (χ0n) is 11.0. The lowest BCUT2D eigenvalue weighted by Gasteiger charge is -2.26. The summed E-state index contributed by atoms with van der Waals surface area (Å²) < 4.78 is 65.2. The standard InChI is InChI=1S/C12H14ClF4NOS/c1-11(2,3)20(19)18-10(12(15,16)17)7-4-5-9(14)8(13)6-7/h4-6,10,18H,1-3H3/t10-,20+/m1/s1. The van der Waals surface area contributed by atoms with Crippen molar-refractivity contribution >= 4 is 22.6 Å². The third kappa shape index (κ3) is 4.43. The minimum atomic E-state index is -4.68. The SMILES string of the molecule is CC(C)(C)[S@](=O)N[C@H](c1ccc(F)c(Cl)c1)C(F)(F)F. The number of halogens is 5. The van der Waals surface area contributed by atoms with E-state index in [2.05, 4.69) is 0 Å². The second-order valence-corrected chi connectivity index (χ2v) is 7.55. The van der Waals surface area contributed by atoms with Gasteiger partial charge in [0.2, 0.25) is 0 Å². The molecule has 0 aliphatic carbocycles. The van der Waals surface area contributed by atoms with Crippen LogP contribution in [-0.2, 0) is 11.0 Å². The fourth-order valence-corrected chi connectivity index (χ4v) is 2.33. The molecule has 0 aliphatic rings. The van der Waals surface area contributed by atoms with Crippen LogP contribution < -0.4 is 4.72 Å². The van der Waals surface area contributed by atoms with Gasteiger partial charge in [0.05, 0.1) is 20.8 Å². The van der Waals surface area contributed by atoms with Gasteiger partial charge in [-0.25, -0.2) is 13.3 Å². The molecule has 0 aromatic heterocycles. The van der Waals surface area contributed by atoms with E-state index in [4.69, 9.17) is 11.6 Å². The van der Waals surface area contributed by atoms with Crippen LogP contribution in [0.2, 0.25) is 5.02 Å². The van der Waals surface area contributed by atoms with Gasteiger partial charge in [-0.15, -0.1) is 0 Å². The predicted octanol–water partition coefficient (Wildman–Crippen LogP) is 4.13. The molecule has 0 amide bonds. The largest absolute Gasteiger partial charge is 0.408 e. The van der Waals surface area contributed by atoms with E-state index in [0.717, 1.165) is 18.2 Å². The summed E-state index contributed by atoms with van der Waals surface area (Å²) in [5.41, 5.74) is -0.290. The van der Waals surface area contributed by atoms with E-state index in [1.807, 2.05) is 4.72 Å². The fraction of sp³-hybridized carbons (Fsp3) is 0.500. The monoisotopic (exact) mass is 331 g/mol. The van der Waals surface area contributed by atoms with Gasteiger partial charge in [-0.2, -0.15) is 13.2 Å². The van der Waals surface area contributed by atoms with Crippen molar-refractivity contribution in [2.45, 2.75) is 37.7 Å². The van der Waals surface area contributed by atoms with Gasteiger partial charge in [0.15, 0.2) is 0 Å². The molecule has 0 aliphatic heterocycles. The van der Waals surface area contributed by atoms with Crippen LogP contribution >= 0.6 is 11.6 Å². The molecule has 1 N–H and O–H groups in total. The van der Waals surface area contributed by atoms with E-state index >= 15 is 0 Å². The van der Waals surface area contributed by atoms with Gasteiger partial charge in [0, 0.05) is 0 Å². The van der Waals surface area contributed by atoms with Gasteiger partial charge in [-0.1, -0.05) is 17.7 Å². The van der Waals surface area contributed by atoms with Crippen molar-refractivity contribution in [1.29, 1.82) is 0 Å². The Balaban J connectivity index is 3.14. The zero-order valence-corrected chi connectivity index (χ0v) is 12.6. The number of rotatable bonds is 3. The summed E-state index contributed by atoms with van der Waals surface area (Å²) in [6.07, 6.45) is -4.68. The molecule has 2 atom stereocenters. The molecule has 2 nitrogen and oxygen atoms in total. The quantitative estimate of drug-likeness (QED) is 0.829. The second kappa shape index (κ2) is 5.99. The normalized spacial score (nSPS) is 16.0. The number of hydrogen-bond acceptors (Lipinski definition) is 1. The summed E-state index contributed by atoms with van der Waals surface area (Å²) in [7, 11) is -1.93. The van der Waals surface area contributed by atoms with E-state index in [-0.39, 0.29) is 5.56 Å². The van der Waals surface area contributed by atoms with Crippen molar-refractivity contribution in [3.05, 3.63) is 34.6 Å². The van der Waals surface area contributed by atoms with Crippen LogP contribution in [0.25, 0.3) is 0 Å². The molecule has 0 heterocycles. The molecule has 1 aromatic carbocycles. The van der Waals surface area contributed by atoms with Crippen LogP contribution in [0.15, 0.2) is 18.2 Å². The molecule has 0 bridgehead atoms. The third-order valence-electron chi connectivity index (χ3n) is 2.39. The second-order valence-electron chi connectivity index (χ2n) is 5.15. The molecule has 1 aromatic rings. The highest BCUT2D eigenvalue weighted by Crippen LogP contribution is 2.35. The molecule has 0 saturated carbocycles. The Labute approximate surface area is 122 Å². The Kier molecular flexibility index (Phi) is 5.21. The van der Waals surface area contributed by atoms with Crippen LogP contribution in [0.1, 0.15) is 32.4 Å². The minimum absolute atomic E-state index is 0.290. The van der Waals surface area contributed by atoms with E-state index in [1.54, 1.807) is 20.8 Å². The Morgan fingerprint density at radius 3 is 2.20 bits per heavy atom. The van der Waals surface area contributed by atoms with Crippen LogP contribution in [0, 0.1) is 5.82 Å². The van der Waals surface area contributed by atoms with Crippen molar-refractivity contribution in [3.63, 3.8) is 0 Å². The van der Waals surface area contributed by atoms with Crippen molar-refractivity contribution in [1.82, 2.24) is 4.72 Å². The van der Waals surface area contributed by atoms with Gasteiger partial charge < -0.3 is 0 Å². The van der Waals surface area contributed by atoms with E-state index < -0.39 is 38.8 Å². The molecular weight excluding hydrogens is 318 g/mol. The van der Waals surface area contributed by atoms with Crippen molar-refractivity contribution < 1.29 is 21.8 Å². The van der Waals surface area contributed by atoms with Gasteiger partial charge in [0.1, 0.15) is 11.9 Å². The molecule has 0 saturated heterocycles. The number of benzene rings is 1. The van der Waals surface area contributed by atoms with Crippen molar-refractivity contribution in [3.8, 4) is 0 Å². The lowest BCUT2D eigenvalue weighted by Crippen LogP contribution is -2.41. The summed E-state index contributed by atoms with van der Waals surface area (Å²) >= 11 is 5.49. The smallest absolute Gasteiger partial charge is 0.242 e. The first-order valence-corrected chi connectivity index (χ1v) is 7.15. The molecule has 20 heavy (non-hydrogen) atoms. The lowest BCUT2D eigenvalue weighted by molar-refractivity contribution is -0.152.